The molecule has 4 nitrogen and oxygen atoms in total. The molecule has 0 fully saturated rings. The van der Waals surface area contributed by atoms with Crippen LogP contribution in [0.5, 0.6) is 5.75 Å². The summed E-state index contributed by atoms with van der Waals surface area (Å²) >= 11 is 1.18. The number of aryl methyl sites for hydroxylation is 1. The summed E-state index contributed by atoms with van der Waals surface area (Å²) < 4.78 is 5.30. The zero-order valence-electron chi connectivity index (χ0n) is 10.7. The van der Waals surface area contributed by atoms with E-state index in [-0.39, 0.29) is 16.1 Å². The molecule has 19 heavy (non-hydrogen) atoms. The number of esters is 1. The Balaban J connectivity index is 2.79. The molecule has 1 N–H and O–H groups in total. The Kier molecular flexibility index (Phi) is 3.85. The average Bonchev–Trinajstić information content (AvgIpc) is 2.41. The van der Waals surface area contributed by atoms with Crippen molar-refractivity contribution in [1.82, 2.24) is 0 Å². The van der Waals surface area contributed by atoms with E-state index in [0.717, 1.165) is 6.42 Å². The third-order valence-corrected chi connectivity index (χ3v) is 4.04. The van der Waals surface area contributed by atoms with E-state index in [1.54, 1.807) is 6.07 Å². The van der Waals surface area contributed by atoms with Gasteiger partial charge in [-0.05, 0) is 18.6 Å². The normalized spacial score (nSPS) is 10.6. The van der Waals surface area contributed by atoms with Crippen molar-refractivity contribution in [2.75, 3.05) is 7.11 Å². The third-order valence-electron chi connectivity index (χ3n) is 2.86. The summed E-state index contributed by atoms with van der Waals surface area (Å²) in [5, 5.41) is 10.4. The summed E-state index contributed by atoms with van der Waals surface area (Å²) in [5.74, 6) is -0.373. The number of rotatable bonds is 3. The van der Waals surface area contributed by atoms with E-state index in [2.05, 4.69) is 4.74 Å². The highest BCUT2D eigenvalue weighted by atomic mass is 32.1. The Labute approximate surface area is 114 Å². The molecular weight excluding hydrogens is 264 g/mol. The lowest BCUT2D eigenvalue weighted by Crippen LogP contribution is -2.07. The standard InChI is InChI=1S/C14H14O4S/c1-3-4-8-10(15)6-5-9-11(16)7-12(14(17)18-2)19-13(8)9/h5-7,15H,3-4H2,1-2H3. The van der Waals surface area contributed by atoms with Crippen molar-refractivity contribution in [3.63, 3.8) is 0 Å². The van der Waals surface area contributed by atoms with Crippen molar-refractivity contribution in [1.29, 1.82) is 0 Å². The van der Waals surface area contributed by atoms with Gasteiger partial charge >= 0.3 is 5.97 Å². The zero-order chi connectivity index (χ0) is 14.0. The number of ether oxygens (including phenoxy) is 1. The van der Waals surface area contributed by atoms with Gasteiger partial charge in [-0.15, -0.1) is 11.3 Å². The van der Waals surface area contributed by atoms with Gasteiger partial charge in [0.2, 0.25) is 0 Å². The van der Waals surface area contributed by atoms with E-state index in [1.807, 2.05) is 6.92 Å². The molecule has 0 saturated heterocycles. The Morgan fingerprint density at radius 2 is 2.16 bits per heavy atom. The fourth-order valence-electron chi connectivity index (χ4n) is 1.96. The zero-order valence-corrected chi connectivity index (χ0v) is 11.5. The highest BCUT2D eigenvalue weighted by Gasteiger charge is 2.14. The smallest absolute Gasteiger partial charge is 0.348 e. The van der Waals surface area contributed by atoms with E-state index in [0.29, 0.717) is 22.1 Å². The second-order valence-corrected chi connectivity index (χ2v) is 5.21. The van der Waals surface area contributed by atoms with Gasteiger partial charge in [-0.2, -0.15) is 0 Å². The predicted octanol–water partition coefficient (Wildman–Crippen LogP) is 2.71. The summed E-state index contributed by atoms with van der Waals surface area (Å²) in [6.07, 6.45) is 1.50. The van der Waals surface area contributed by atoms with Crippen molar-refractivity contribution in [2.45, 2.75) is 19.8 Å². The first kappa shape index (κ1) is 13.5. The van der Waals surface area contributed by atoms with Crippen LogP contribution in [0.1, 0.15) is 28.6 Å². The maximum Gasteiger partial charge on any atom is 0.348 e. The van der Waals surface area contributed by atoms with Crippen LogP contribution < -0.4 is 5.43 Å². The quantitative estimate of drug-likeness (QED) is 0.877. The number of benzene rings is 1. The molecule has 0 aliphatic heterocycles. The molecule has 0 saturated carbocycles. The van der Waals surface area contributed by atoms with Crippen LogP contribution in [0.4, 0.5) is 0 Å². The van der Waals surface area contributed by atoms with Gasteiger partial charge in [-0.25, -0.2) is 4.79 Å². The maximum atomic E-state index is 12.0. The Bertz CT molecular complexity index is 688. The Morgan fingerprint density at radius 1 is 1.42 bits per heavy atom. The number of hydrogen-bond donors (Lipinski definition) is 1. The molecule has 2 rings (SSSR count). The lowest BCUT2D eigenvalue weighted by Gasteiger charge is -2.08. The van der Waals surface area contributed by atoms with Gasteiger partial charge in [-0.3, -0.25) is 4.79 Å². The molecule has 0 atom stereocenters. The summed E-state index contributed by atoms with van der Waals surface area (Å²) in [4.78, 5) is 23.8. The minimum Gasteiger partial charge on any atom is -0.508 e. The van der Waals surface area contributed by atoms with Crippen molar-refractivity contribution >= 4 is 27.4 Å². The monoisotopic (exact) mass is 278 g/mol. The van der Waals surface area contributed by atoms with Gasteiger partial charge in [0.05, 0.1) is 7.11 Å². The highest BCUT2D eigenvalue weighted by Crippen LogP contribution is 2.31. The van der Waals surface area contributed by atoms with E-state index >= 15 is 0 Å². The molecule has 0 radical (unpaired) electrons. The number of aromatic hydroxyl groups is 1. The number of phenols is 1. The number of methoxy groups -OCH3 is 1. The van der Waals surface area contributed by atoms with Gasteiger partial charge in [0.1, 0.15) is 10.6 Å². The Morgan fingerprint density at radius 3 is 2.79 bits per heavy atom. The molecule has 0 aliphatic carbocycles. The van der Waals surface area contributed by atoms with E-state index < -0.39 is 5.97 Å². The molecule has 100 valence electrons. The van der Waals surface area contributed by atoms with E-state index in [1.165, 1.54) is 30.6 Å². The Hall–Kier alpha value is -1.88. The fraction of sp³-hybridized carbons (Fsp3) is 0.286. The molecule has 5 heteroatoms. The second kappa shape index (κ2) is 5.40. The summed E-state index contributed by atoms with van der Waals surface area (Å²) in [5.41, 5.74) is 0.486. The van der Waals surface area contributed by atoms with Gasteiger partial charge in [0, 0.05) is 21.7 Å². The van der Waals surface area contributed by atoms with Crippen molar-refractivity contribution < 1.29 is 14.6 Å². The molecule has 0 spiro atoms. The van der Waals surface area contributed by atoms with E-state index in [9.17, 15) is 14.7 Å². The SMILES string of the molecule is CCCc1c(O)ccc2c(=O)cc(C(=O)OC)sc12. The molecular formula is C14H14O4S. The number of carbonyl (C=O) groups is 1. The largest absolute Gasteiger partial charge is 0.508 e. The average molecular weight is 278 g/mol. The van der Waals surface area contributed by atoms with Crippen LogP contribution in [-0.2, 0) is 11.2 Å². The minimum atomic E-state index is -0.533. The van der Waals surface area contributed by atoms with Crippen LogP contribution in [0.25, 0.3) is 10.1 Å². The van der Waals surface area contributed by atoms with Crippen LogP contribution in [0, 0.1) is 0 Å². The number of carbonyl (C=O) groups excluding carboxylic acids is 1. The third kappa shape index (κ3) is 2.46. The molecule has 1 heterocycles. The predicted molar refractivity (Wildman–Crippen MR) is 75.1 cm³/mol. The van der Waals surface area contributed by atoms with Crippen LogP contribution in [0.3, 0.4) is 0 Å². The minimum absolute atomic E-state index is 0.159. The fourth-order valence-corrected chi connectivity index (χ4v) is 3.12. The van der Waals surface area contributed by atoms with Gasteiger partial charge in [0.15, 0.2) is 5.43 Å². The summed E-state index contributed by atoms with van der Waals surface area (Å²) in [6, 6.07) is 4.40. The van der Waals surface area contributed by atoms with Crippen LogP contribution in [0.2, 0.25) is 0 Å². The number of phenolic OH excluding ortho intramolecular Hbond substituents is 1. The molecule has 0 aliphatic rings. The van der Waals surface area contributed by atoms with Crippen molar-refractivity contribution in [3.05, 3.63) is 38.9 Å². The molecule has 1 aromatic heterocycles. The first-order valence-corrected chi connectivity index (χ1v) is 6.77. The molecule has 2 aromatic rings. The van der Waals surface area contributed by atoms with E-state index in [4.69, 9.17) is 0 Å². The molecule has 0 amide bonds. The van der Waals surface area contributed by atoms with Gasteiger partial charge < -0.3 is 9.84 Å². The molecule has 1 aromatic carbocycles. The van der Waals surface area contributed by atoms with Gasteiger partial charge in [0.25, 0.3) is 0 Å². The lowest BCUT2D eigenvalue weighted by molar-refractivity contribution is 0.0606. The van der Waals surface area contributed by atoms with Crippen molar-refractivity contribution in [3.8, 4) is 5.75 Å². The van der Waals surface area contributed by atoms with Crippen LogP contribution in [0.15, 0.2) is 23.0 Å². The second-order valence-electron chi connectivity index (χ2n) is 4.16. The molecule has 0 unspecified atom stereocenters. The van der Waals surface area contributed by atoms with Crippen molar-refractivity contribution in [2.24, 2.45) is 0 Å². The van der Waals surface area contributed by atoms with Crippen LogP contribution in [-0.4, -0.2) is 18.2 Å². The summed E-state index contributed by atoms with van der Waals surface area (Å²) in [6.45, 7) is 1.99. The first-order chi connectivity index (χ1) is 9.08. The first-order valence-electron chi connectivity index (χ1n) is 5.95. The lowest BCUT2D eigenvalue weighted by atomic mass is 10.1. The maximum absolute atomic E-state index is 12.0. The molecule has 0 bridgehead atoms. The number of hydrogen-bond acceptors (Lipinski definition) is 5. The topological polar surface area (TPSA) is 63.6 Å². The van der Waals surface area contributed by atoms with Gasteiger partial charge in [-0.1, -0.05) is 13.3 Å². The summed E-state index contributed by atoms with van der Waals surface area (Å²) in [7, 11) is 1.28. The highest BCUT2D eigenvalue weighted by molar-refractivity contribution is 7.20. The number of fused-ring (bicyclic) bond motifs is 1. The van der Waals surface area contributed by atoms with Crippen LogP contribution >= 0.6 is 11.3 Å².